The highest BCUT2D eigenvalue weighted by Gasteiger charge is 2.22. The first-order valence-electron chi connectivity index (χ1n) is 9.14. The van der Waals surface area contributed by atoms with Crippen molar-refractivity contribution >= 4 is 11.7 Å². The molecule has 4 rings (SSSR count). The third-order valence-corrected chi connectivity index (χ3v) is 4.50. The molecule has 5 nitrogen and oxygen atoms in total. The van der Waals surface area contributed by atoms with Crippen molar-refractivity contribution < 1.29 is 4.79 Å². The predicted octanol–water partition coefficient (Wildman–Crippen LogP) is 4.17. The van der Waals surface area contributed by atoms with Crippen LogP contribution in [-0.2, 0) is 13.1 Å². The lowest BCUT2D eigenvalue weighted by atomic mass is 10.1. The quantitative estimate of drug-likeness (QED) is 0.513. The normalized spacial score (nSPS) is 10.6. The van der Waals surface area contributed by atoms with E-state index in [0.29, 0.717) is 24.5 Å². The SMILES string of the molecule is O=C(c1ccccc1)N(Cc1ccccc1)c1cnnn1Cc1ccccc1. The number of benzene rings is 3. The van der Waals surface area contributed by atoms with Gasteiger partial charge in [0.1, 0.15) is 0 Å². The molecule has 1 amide bonds. The van der Waals surface area contributed by atoms with Crippen molar-refractivity contribution in [2.75, 3.05) is 4.90 Å². The summed E-state index contributed by atoms with van der Waals surface area (Å²) in [6.45, 7) is 0.986. The van der Waals surface area contributed by atoms with Crippen LogP contribution < -0.4 is 4.90 Å². The summed E-state index contributed by atoms with van der Waals surface area (Å²) in [5.74, 6) is 0.586. The van der Waals surface area contributed by atoms with E-state index in [0.717, 1.165) is 11.1 Å². The maximum atomic E-state index is 13.3. The van der Waals surface area contributed by atoms with E-state index >= 15 is 0 Å². The zero-order valence-electron chi connectivity index (χ0n) is 15.3. The molecule has 0 unspecified atom stereocenters. The van der Waals surface area contributed by atoms with E-state index in [1.54, 1.807) is 15.8 Å². The molecule has 0 bridgehead atoms. The number of aromatic nitrogens is 3. The maximum Gasteiger partial charge on any atom is 0.259 e. The molecular weight excluding hydrogens is 348 g/mol. The summed E-state index contributed by atoms with van der Waals surface area (Å²) in [5, 5.41) is 8.30. The second-order valence-corrected chi connectivity index (χ2v) is 6.48. The van der Waals surface area contributed by atoms with Crippen molar-refractivity contribution in [3.05, 3.63) is 114 Å². The number of nitrogens with zero attached hydrogens (tertiary/aromatic N) is 4. The molecular formula is C23H20N4O. The Kier molecular flexibility index (Phi) is 5.24. The van der Waals surface area contributed by atoms with E-state index in [2.05, 4.69) is 10.3 Å². The third-order valence-electron chi connectivity index (χ3n) is 4.50. The molecule has 0 aliphatic rings. The Morgan fingerprint density at radius 2 is 1.36 bits per heavy atom. The first kappa shape index (κ1) is 17.7. The fourth-order valence-electron chi connectivity index (χ4n) is 3.09. The van der Waals surface area contributed by atoms with Gasteiger partial charge < -0.3 is 0 Å². The van der Waals surface area contributed by atoms with E-state index in [1.807, 2.05) is 91.0 Å². The van der Waals surface area contributed by atoms with Gasteiger partial charge in [-0.05, 0) is 23.3 Å². The number of carbonyl (C=O) groups is 1. The largest absolute Gasteiger partial charge is 0.287 e. The van der Waals surface area contributed by atoms with E-state index < -0.39 is 0 Å². The Hall–Kier alpha value is -3.73. The highest BCUT2D eigenvalue weighted by molar-refractivity contribution is 6.05. The molecule has 0 atom stereocenters. The number of anilines is 1. The standard InChI is InChI=1S/C23H20N4O/c28-23(21-14-8-3-9-15-21)26(17-19-10-4-1-5-11-19)22-16-24-25-27(22)18-20-12-6-2-7-13-20/h1-16H,17-18H2. The molecule has 0 radical (unpaired) electrons. The van der Waals surface area contributed by atoms with Crippen molar-refractivity contribution in [3.8, 4) is 0 Å². The van der Waals surface area contributed by atoms with Crippen LogP contribution in [0.4, 0.5) is 5.82 Å². The average Bonchev–Trinajstić information content (AvgIpc) is 3.21. The first-order valence-corrected chi connectivity index (χ1v) is 9.14. The van der Waals surface area contributed by atoms with Gasteiger partial charge in [0.05, 0.1) is 19.3 Å². The summed E-state index contributed by atoms with van der Waals surface area (Å²) in [5.41, 5.74) is 2.77. The fourth-order valence-corrected chi connectivity index (χ4v) is 3.09. The van der Waals surface area contributed by atoms with Gasteiger partial charge in [0, 0.05) is 5.56 Å². The lowest BCUT2D eigenvalue weighted by Gasteiger charge is -2.23. The molecule has 0 spiro atoms. The Bertz CT molecular complexity index is 1030. The van der Waals surface area contributed by atoms with Crippen molar-refractivity contribution in [1.82, 2.24) is 15.0 Å². The van der Waals surface area contributed by atoms with Gasteiger partial charge in [-0.25, -0.2) is 4.68 Å². The third kappa shape index (κ3) is 3.99. The van der Waals surface area contributed by atoms with Crippen molar-refractivity contribution in [3.63, 3.8) is 0 Å². The number of rotatable bonds is 6. The predicted molar refractivity (Wildman–Crippen MR) is 109 cm³/mol. The van der Waals surface area contributed by atoms with E-state index in [4.69, 9.17) is 0 Å². The molecule has 0 saturated heterocycles. The second kappa shape index (κ2) is 8.31. The number of carbonyl (C=O) groups excluding carboxylic acids is 1. The van der Waals surface area contributed by atoms with Gasteiger partial charge in [-0.3, -0.25) is 9.69 Å². The highest BCUT2D eigenvalue weighted by atomic mass is 16.2. The summed E-state index contributed by atoms with van der Waals surface area (Å²) in [6.07, 6.45) is 1.65. The molecule has 3 aromatic carbocycles. The van der Waals surface area contributed by atoms with Crippen LogP contribution in [-0.4, -0.2) is 20.9 Å². The van der Waals surface area contributed by atoms with E-state index in [9.17, 15) is 4.79 Å². The topological polar surface area (TPSA) is 51.0 Å². The van der Waals surface area contributed by atoms with Gasteiger partial charge in [0.25, 0.3) is 5.91 Å². The van der Waals surface area contributed by atoms with Gasteiger partial charge in [-0.15, -0.1) is 5.10 Å². The zero-order chi connectivity index (χ0) is 19.2. The van der Waals surface area contributed by atoms with Crippen LogP contribution in [0.2, 0.25) is 0 Å². The minimum Gasteiger partial charge on any atom is -0.287 e. The van der Waals surface area contributed by atoms with Crippen LogP contribution in [0.15, 0.2) is 97.2 Å². The number of amides is 1. The molecule has 138 valence electrons. The first-order chi connectivity index (χ1) is 13.8. The Morgan fingerprint density at radius 1 is 0.786 bits per heavy atom. The summed E-state index contributed by atoms with van der Waals surface area (Å²) in [4.78, 5) is 15.0. The van der Waals surface area contributed by atoms with Crippen LogP contribution in [0.3, 0.4) is 0 Å². The molecule has 0 N–H and O–H groups in total. The van der Waals surface area contributed by atoms with Crippen LogP contribution in [0.5, 0.6) is 0 Å². The summed E-state index contributed by atoms with van der Waals surface area (Å²) >= 11 is 0. The summed E-state index contributed by atoms with van der Waals surface area (Å²) in [6, 6.07) is 29.2. The highest BCUT2D eigenvalue weighted by Crippen LogP contribution is 2.20. The van der Waals surface area contributed by atoms with Crippen LogP contribution in [0, 0.1) is 0 Å². The molecule has 5 heteroatoms. The smallest absolute Gasteiger partial charge is 0.259 e. The minimum absolute atomic E-state index is 0.0823. The van der Waals surface area contributed by atoms with Crippen LogP contribution in [0.25, 0.3) is 0 Å². The van der Waals surface area contributed by atoms with Gasteiger partial charge >= 0.3 is 0 Å². The fraction of sp³-hybridized carbons (Fsp3) is 0.0870. The van der Waals surface area contributed by atoms with E-state index in [-0.39, 0.29) is 5.91 Å². The van der Waals surface area contributed by atoms with Crippen LogP contribution >= 0.6 is 0 Å². The van der Waals surface area contributed by atoms with Crippen molar-refractivity contribution in [1.29, 1.82) is 0 Å². The van der Waals surface area contributed by atoms with Crippen molar-refractivity contribution in [2.45, 2.75) is 13.1 Å². The molecule has 0 aliphatic heterocycles. The van der Waals surface area contributed by atoms with E-state index in [1.165, 1.54) is 0 Å². The molecule has 0 fully saturated rings. The Labute approximate surface area is 163 Å². The Morgan fingerprint density at radius 3 is 2.00 bits per heavy atom. The second-order valence-electron chi connectivity index (χ2n) is 6.48. The van der Waals surface area contributed by atoms with Gasteiger partial charge in [0.15, 0.2) is 5.82 Å². The summed E-state index contributed by atoms with van der Waals surface area (Å²) in [7, 11) is 0. The van der Waals surface area contributed by atoms with Gasteiger partial charge in [-0.1, -0.05) is 84.1 Å². The minimum atomic E-state index is -0.0823. The molecule has 1 heterocycles. The molecule has 0 saturated carbocycles. The maximum absolute atomic E-state index is 13.3. The molecule has 0 aliphatic carbocycles. The van der Waals surface area contributed by atoms with Gasteiger partial charge in [-0.2, -0.15) is 0 Å². The van der Waals surface area contributed by atoms with Crippen molar-refractivity contribution in [2.24, 2.45) is 0 Å². The van der Waals surface area contributed by atoms with Crippen LogP contribution in [0.1, 0.15) is 21.5 Å². The monoisotopic (exact) mass is 368 g/mol. The zero-order valence-corrected chi connectivity index (χ0v) is 15.3. The lowest BCUT2D eigenvalue weighted by molar-refractivity contribution is 0.0983. The molecule has 28 heavy (non-hydrogen) atoms. The number of hydrogen-bond acceptors (Lipinski definition) is 3. The molecule has 4 aromatic rings. The lowest BCUT2D eigenvalue weighted by Crippen LogP contribution is -2.32. The number of hydrogen-bond donors (Lipinski definition) is 0. The Balaban J connectivity index is 1.70. The van der Waals surface area contributed by atoms with Gasteiger partial charge in [0.2, 0.25) is 0 Å². The molecule has 1 aromatic heterocycles. The summed E-state index contributed by atoms with van der Waals surface area (Å²) < 4.78 is 1.76. The average molecular weight is 368 g/mol.